The summed E-state index contributed by atoms with van der Waals surface area (Å²) >= 11 is 0. The molecule has 0 spiro atoms. The SMILES string of the molecule is C=CC(=O)OC1(C23CC4CC(CC(C4)C2C)C3)CC2CC(C2(C)C)C1(C)C1(C)C2CC(CC1C1(C)CCC3CC1C3(C)C)C2(C)C. The molecule has 13 saturated carbocycles. The largest absolute Gasteiger partial charge is 0.455 e. The van der Waals surface area contributed by atoms with Gasteiger partial charge < -0.3 is 4.74 Å². The van der Waals surface area contributed by atoms with Gasteiger partial charge in [0, 0.05) is 16.9 Å². The molecule has 0 N–H and O–H groups in total. The summed E-state index contributed by atoms with van der Waals surface area (Å²) in [6.45, 7) is 31.0. The van der Waals surface area contributed by atoms with E-state index < -0.39 is 5.60 Å². The van der Waals surface area contributed by atoms with Crippen molar-refractivity contribution >= 4 is 5.97 Å². The molecule has 0 aromatic rings. The summed E-state index contributed by atoms with van der Waals surface area (Å²) in [5.74, 6) is 8.15. The first-order chi connectivity index (χ1) is 21.3. The third-order valence-electron chi connectivity index (χ3n) is 21.3. The van der Waals surface area contributed by atoms with Crippen LogP contribution in [0.2, 0.25) is 0 Å². The minimum Gasteiger partial charge on any atom is -0.455 e. The highest BCUT2D eigenvalue weighted by atomic mass is 16.6. The molecule has 2 nitrogen and oxygen atoms in total. The topological polar surface area (TPSA) is 26.3 Å². The Hall–Kier alpha value is -0.790. The Morgan fingerprint density at radius 3 is 1.80 bits per heavy atom. The average molecular weight is 629 g/mol. The van der Waals surface area contributed by atoms with Gasteiger partial charge in [0.15, 0.2) is 0 Å². The van der Waals surface area contributed by atoms with Gasteiger partial charge in [0.2, 0.25) is 0 Å². The lowest BCUT2D eigenvalue weighted by Crippen LogP contribution is -2.84. The fourth-order valence-corrected chi connectivity index (χ4v) is 18.8. The maximum atomic E-state index is 14.1. The predicted molar refractivity (Wildman–Crippen MR) is 187 cm³/mol. The van der Waals surface area contributed by atoms with Crippen molar-refractivity contribution in [2.75, 3.05) is 0 Å². The van der Waals surface area contributed by atoms with E-state index in [9.17, 15) is 4.79 Å². The molecule has 256 valence electrons. The van der Waals surface area contributed by atoms with Gasteiger partial charge in [0.1, 0.15) is 5.60 Å². The van der Waals surface area contributed by atoms with Crippen LogP contribution in [0.15, 0.2) is 12.7 Å². The zero-order chi connectivity index (χ0) is 32.8. The highest BCUT2D eigenvalue weighted by molar-refractivity contribution is 5.82. The molecule has 13 fully saturated rings. The Morgan fingerprint density at radius 2 is 1.24 bits per heavy atom. The van der Waals surface area contributed by atoms with E-state index in [1.165, 1.54) is 70.6 Å². The normalized spacial score (nSPS) is 60.7. The lowest BCUT2D eigenvalue weighted by Gasteiger charge is -2.85. The fourth-order valence-electron chi connectivity index (χ4n) is 18.8. The molecule has 13 aliphatic rings. The summed E-state index contributed by atoms with van der Waals surface area (Å²) in [5, 5.41) is 0. The number of carbonyl (C=O) groups excluding carboxylic acids is 1. The summed E-state index contributed by atoms with van der Waals surface area (Å²) in [6, 6.07) is 0. The van der Waals surface area contributed by atoms with Crippen LogP contribution in [0.1, 0.15) is 146 Å². The number of carbonyl (C=O) groups is 1. The first kappa shape index (κ1) is 31.2. The van der Waals surface area contributed by atoms with Crippen molar-refractivity contribution in [1.82, 2.24) is 0 Å². The molecule has 0 aliphatic heterocycles. The Balaban J connectivity index is 1.31. The lowest BCUT2D eigenvalue weighted by molar-refractivity contribution is -0.403. The van der Waals surface area contributed by atoms with Crippen LogP contribution in [0, 0.1) is 103 Å². The molecule has 13 aliphatic carbocycles. The lowest BCUT2D eigenvalue weighted by atomic mass is 9.20. The van der Waals surface area contributed by atoms with Gasteiger partial charge in [0.25, 0.3) is 0 Å². The van der Waals surface area contributed by atoms with Gasteiger partial charge in [0.05, 0.1) is 0 Å². The van der Waals surface area contributed by atoms with Gasteiger partial charge in [-0.25, -0.2) is 4.79 Å². The van der Waals surface area contributed by atoms with Crippen LogP contribution in [0.4, 0.5) is 0 Å². The van der Waals surface area contributed by atoms with Crippen LogP contribution < -0.4 is 0 Å². The highest BCUT2D eigenvalue weighted by Gasteiger charge is 2.86. The van der Waals surface area contributed by atoms with E-state index in [1.54, 1.807) is 6.08 Å². The predicted octanol–water partition coefficient (Wildman–Crippen LogP) is 11.1. The molecule has 2 heteroatoms. The van der Waals surface area contributed by atoms with Crippen molar-refractivity contribution in [2.45, 2.75) is 152 Å². The van der Waals surface area contributed by atoms with Crippen LogP contribution in [0.3, 0.4) is 0 Å². The molecule has 13 rings (SSSR count). The fraction of sp³-hybridized carbons (Fsp3) is 0.932. The molecule has 14 unspecified atom stereocenters. The van der Waals surface area contributed by atoms with E-state index >= 15 is 0 Å². The van der Waals surface area contributed by atoms with E-state index in [2.05, 4.69) is 75.8 Å². The van der Waals surface area contributed by atoms with Gasteiger partial charge in [-0.3, -0.25) is 0 Å². The Labute approximate surface area is 282 Å². The van der Waals surface area contributed by atoms with Crippen LogP contribution in [0.25, 0.3) is 0 Å². The second kappa shape index (κ2) is 8.74. The number of hydrogen-bond donors (Lipinski definition) is 0. The van der Waals surface area contributed by atoms with Crippen LogP contribution in [0.5, 0.6) is 0 Å². The molecule has 0 heterocycles. The Bertz CT molecular complexity index is 1350. The second-order valence-electron chi connectivity index (χ2n) is 22.4. The van der Waals surface area contributed by atoms with Crippen LogP contribution >= 0.6 is 0 Å². The standard InChI is InChI=1S/C44H68O2/c1-12-36(45)46-44(43-22-26-15-27(23-43)17-28(16-26)25(43)2)24-31-21-34(39(31,7)8)42(44,11)41(10)33-19-30(38(33,5)6)20-35(41)40(9)14-13-29-18-32(40)37(29,3)4/h12,25-35H,1,13-24H2,2-11H3. The van der Waals surface area contributed by atoms with Crippen molar-refractivity contribution in [3.05, 3.63) is 12.7 Å². The van der Waals surface area contributed by atoms with Gasteiger partial charge in [-0.1, -0.05) is 75.8 Å². The summed E-state index contributed by atoms with van der Waals surface area (Å²) in [6.07, 6.45) is 17.9. The molecular weight excluding hydrogens is 560 g/mol. The minimum absolute atomic E-state index is 0.0808. The van der Waals surface area contributed by atoms with E-state index in [1.807, 2.05) is 0 Å². The molecule has 0 radical (unpaired) electrons. The van der Waals surface area contributed by atoms with E-state index in [0.29, 0.717) is 45.8 Å². The smallest absolute Gasteiger partial charge is 0.330 e. The third kappa shape index (κ3) is 3.08. The monoisotopic (exact) mass is 629 g/mol. The first-order valence-electron chi connectivity index (χ1n) is 20.2. The van der Waals surface area contributed by atoms with Crippen molar-refractivity contribution in [3.8, 4) is 0 Å². The number of fused-ring (bicyclic) bond motifs is 8. The Kier molecular flexibility index (Phi) is 5.93. The summed E-state index contributed by atoms with van der Waals surface area (Å²) in [7, 11) is 0. The number of ether oxygens (including phenoxy) is 1. The first-order valence-corrected chi connectivity index (χ1v) is 20.2. The van der Waals surface area contributed by atoms with Crippen molar-refractivity contribution in [3.63, 3.8) is 0 Å². The van der Waals surface area contributed by atoms with Crippen molar-refractivity contribution in [2.24, 2.45) is 103 Å². The maximum Gasteiger partial charge on any atom is 0.330 e. The number of esters is 1. The van der Waals surface area contributed by atoms with Crippen molar-refractivity contribution < 1.29 is 9.53 Å². The quantitative estimate of drug-likeness (QED) is 0.224. The zero-order valence-electron chi connectivity index (χ0n) is 31.4. The van der Waals surface area contributed by atoms with E-state index in [-0.39, 0.29) is 27.6 Å². The molecule has 14 atom stereocenters. The van der Waals surface area contributed by atoms with Gasteiger partial charge >= 0.3 is 5.97 Å². The molecule has 0 aromatic heterocycles. The van der Waals surface area contributed by atoms with E-state index in [0.717, 1.165) is 41.9 Å². The molecule has 46 heavy (non-hydrogen) atoms. The molecule has 0 amide bonds. The van der Waals surface area contributed by atoms with Gasteiger partial charge in [-0.05, 0) is 169 Å². The second-order valence-corrected chi connectivity index (χ2v) is 22.4. The summed E-state index contributed by atoms with van der Waals surface area (Å²) < 4.78 is 7.53. The summed E-state index contributed by atoms with van der Waals surface area (Å²) in [4.78, 5) is 14.1. The van der Waals surface area contributed by atoms with Crippen molar-refractivity contribution in [1.29, 1.82) is 0 Å². The highest BCUT2D eigenvalue weighted by Crippen LogP contribution is 2.88. The summed E-state index contributed by atoms with van der Waals surface area (Å²) in [5.41, 5.74) is 1.15. The molecule has 0 saturated heterocycles. The molecular formula is C44H68O2. The Morgan fingerprint density at radius 1 is 0.674 bits per heavy atom. The third-order valence-corrected chi connectivity index (χ3v) is 21.3. The number of hydrogen-bond acceptors (Lipinski definition) is 2. The molecule has 10 bridgehead atoms. The van der Waals surface area contributed by atoms with E-state index in [4.69, 9.17) is 4.74 Å². The van der Waals surface area contributed by atoms with Gasteiger partial charge in [-0.15, -0.1) is 0 Å². The van der Waals surface area contributed by atoms with Crippen LogP contribution in [-0.4, -0.2) is 11.6 Å². The van der Waals surface area contributed by atoms with Crippen LogP contribution in [-0.2, 0) is 9.53 Å². The number of rotatable bonds is 5. The average Bonchev–Trinajstić information content (AvgIpc) is 2.99. The minimum atomic E-state index is -0.419. The molecule has 0 aromatic carbocycles. The van der Waals surface area contributed by atoms with Gasteiger partial charge in [-0.2, -0.15) is 0 Å². The zero-order valence-corrected chi connectivity index (χ0v) is 31.4. The maximum absolute atomic E-state index is 14.1.